The van der Waals surface area contributed by atoms with Crippen molar-refractivity contribution in [3.8, 4) is 0 Å². The Morgan fingerprint density at radius 2 is 2.05 bits per heavy atom. The summed E-state index contributed by atoms with van der Waals surface area (Å²) in [7, 11) is 0. The van der Waals surface area contributed by atoms with Crippen molar-refractivity contribution in [2.75, 3.05) is 13.1 Å². The smallest absolute Gasteiger partial charge is 0.123 e. The Balaban J connectivity index is 1.96. The molecule has 106 valence electrons. The van der Waals surface area contributed by atoms with E-state index in [1.165, 1.54) is 44.2 Å². The van der Waals surface area contributed by atoms with Crippen molar-refractivity contribution in [3.05, 3.63) is 35.6 Å². The molecule has 1 aliphatic rings. The molecular weight excluding hydrogens is 239 g/mol. The quantitative estimate of drug-likeness (QED) is 0.882. The average Bonchev–Trinajstić information content (AvgIpc) is 2.42. The van der Waals surface area contributed by atoms with Crippen LogP contribution in [0.1, 0.15) is 50.6 Å². The number of piperidine rings is 1. The molecule has 2 rings (SSSR count). The summed E-state index contributed by atoms with van der Waals surface area (Å²) >= 11 is 0. The maximum Gasteiger partial charge on any atom is 0.123 e. The molecule has 3 heteroatoms. The molecular formula is C16H25FN2. The molecule has 0 saturated carbocycles. The zero-order valence-electron chi connectivity index (χ0n) is 11.8. The summed E-state index contributed by atoms with van der Waals surface area (Å²) in [5.74, 6) is -0.196. The summed E-state index contributed by atoms with van der Waals surface area (Å²) in [6.45, 7) is 4.28. The molecule has 1 aromatic rings. The van der Waals surface area contributed by atoms with Gasteiger partial charge in [-0.2, -0.15) is 0 Å². The lowest BCUT2D eigenvalue weighted by atomic mass is 9.96. The molecule has 0 spiro atoms. The molecule has 2 unspecified atom stereocenters. The Bertz CT molecular complexity index is 375. The molecule has 0 aromatic heterocycles. The number of hydrogen-bond donors (Lipinski definition) is 1. The monoisotopic (exact) mass is 264 g/mol. The second-order valence-corrected chi connectivity index (χ2v) is 5.59. The lowest BCUT2D eigenvalue weighted by molar-refractivity contribution is 0.131. The molecule has 1 heterocycles. The molecule has 2 nitrogen and oxygen atoms in total. The third kappa shape index (κ3) is 4.02. The second-order valence-electron chi connectivity index (χ2n) is 5.59. The van der Waals surface area contributed by atoms with Crippen LogP contribution in [0.25, 0.3) is 0 Å². The van der Waals surface area contributed by atoms with E-state index in [2.05, 4.69) is 11.8 Å². The van der Waals surface area contributed by atoms with Crippen LogP contribution < -0.4 is 5.73 Å². The lowest BCUT2D eigenvalue weighted by Crippen LogP contribution is -2.43. The van der Waals surface area contributed by atoms with Gasteiger partial charge in [-0.1, -0.05) is 31.9 Å². The van der Waals surface area contributed by atoms with Gasteiger partial charge in [0.05, 0.1) is 0 Å². The van der Waals surface area contributed by atoms with Crippen LogP contribution in [0.5, 0.6) is 0 Å². The van der Waals surface area contributed by atoms with E-state index < -0.39 is 0 Å². The van der Waals surface area contributed by atoms with Crippen LogP contribution in [0.2, 0.25) is 0 Å². The van der Waals surface area contributed by atoms with E-state index in [0.717, 1.165) is 18.7 Å². The van der Waals surface area contributed by atoms with Crippen molar-refractivity contribution in [1.29, 1.82) is 0 Å². The third-order valence-corrected chi connectivity index (χ3v) is 4.10. The normalized spacial score (nSPS) is 22.4. The zero-order chi connectivity index (χ0) is 13.7. The van der Waals surface area contributed by atoms with Crippen molar-refractivity contribution in [3.63, 3.8) is 0 Å². The van der Waals surface area contributed by atoms with Crippen LogP contribution in [0.15, 0.2) is 24.3 Å². The molecule has 0 bridgehead atoms. The number of likely N-dealkylation sites (tertiary alicyclic amines) is 1. The van der Waals surface area contributed by atoms with Gasteiger partial charge >= 0.3 is 0 Å². The number of nitrogens with two attached hydrogens (primary N) is 1. The lowest BCUT2D eigenvalue weighted by Gasteiger charge is -2.37. The highest BCUT2D eigenvalue weighted by atomic mass is 19.1. The highest BCUT2D eigenvalue weighted by Gasteiger charge is 2.23. The fourth-order valence-electron chi connectivity index (χ4n) is 3.03. The summed E-state index contributed by atoms with van der Waals surface area (Å²) in [4.78, 5) is 2.53. The van der Waals surface area contributed by atoms with Gasteiger partial charge in [0.1, 0.15) is 5.82 Å². The summed E-state index contributed by atoms with van der Waals surface area (Å²) in [5, 5.41) is 0. The van der Waals surface area contributed by atoms with Gasteiger partial charge in [0.25, 0.3) is 0 Å². The van der Waals surface area contributed by atoms with Gasteiger partial charge in [-0.05, 0) is 43.5 Å². The van der Waals surface area contributed by atoms with Crippen LogP contribution in [0, 0.1) is 5.82 Å². The molecule has 19 heavy (non-hydrogen) atoms. The summed E-state index contributed by atoms with van der Waals surface area (Å²) in [6, 6.07) is 7.27. The highest BCUT2D eigenvalue weighted by molar-refractivity contribution is 5.19. The molecule has 1 fully saturated rings. The summed E-state index contributed by atoms with van der Waals surface area (Å²) < 4.78 is 12.9. The van der Waals surface area contributed by atoms with E-state index in [-0.39, 0.29) is 11.9 Å². The van der Waals surface area contributed by atoms with E-state index in [1.54, 1.807) is 12.1 Å². The second kappa shape index (κ2) is 7.01. The molecule has 0 aliphatic carbocycles. The minimum Gasteiger partial charge on any atom is -0.323 e. The van der Waals surface area contributed by atoms with E-state index in [9.17, 15) is 4.39 Å². The van der Waals surface area contributed by atoms with Gasteiger partial charge < -0.3 is 5.73 Å². The molecule has 2 N–H and O–H groups in total. The van der Waals surface area contributed by atoms with Gasteiger partial charge in [0, 0.05) is 18.6 Å². The largest absolute Gasteiger partial charge is 0.323 e. The number of benzene rings is 1. The number of nitrogens with zero attached hydrogens (tertiary/aromatic N) is 1. The fourth-order valence-corrected chi connectivity index (χ4v) is 3.03. The molecule has 1 saturated heterocycles. The Morgan fingerprint density at radius 3 is 2.74 bits per heavy atom. The van der Waals surface area contributed by atoms with Gasteiger partial charge in [-0.25, -0.2) is 4.39 Å². The molecule has 0 amide bonds. The number of hydrogen-bond acceptors (Lipinski definition) is 2. The maximum atomic E-state index is 12.9. The van der Waals surface area contributed by atoms with Crippen LogP contribution in [0.4, 0.5) is 4.39 Å². The van der Waals surface area contributed by atoms with Gasteiger partial charge in [-0.15, -0.1) is 0 Å². The summed E-state index contributed by atoms with van der Waals surface area (Å²) in [6.07, 6.45) is 6.40. The van der Waals surface area contributed by atoms with E-state index in [0.29, 0.717) is 6.04 Å². The van der Waals surface area contributed by atoms with E-state index in [4.69, 9.17) is 5.73 Å². The first-order valence-electron chi connectivity index (χ1n) is 7.45. The SMILES string of the molecule is CCCC1CCCCN1CC(N)c1ccc(F)cc1. The van der Waals surface area contributed by atoms with Crippen LogP contribution in [-0.2, 0) is 0 Å². The van der Waals surface area contributed by atoms with Crippen molar-refractivity contribution in [1.82, 2.24) is 4.90 Å². The number of halogens is 1. The average molecular weight is 264 g/mol. The Labute approximate surface area is 115 Å². The van der Waals surface area contributed by atoms with E-state index >= 15 is 0 Å². The zero-order valence-corrected chi connectivity index (χ0v) is 11.8. The van der Waals surface area contributed by atoms with Crippen molar-refractivity contribution < 1.29 is 4.39 Å². The maximum absolute atomic E-state index is 12.9. The number of rotatable bonds is 5. The van der Waals surface area contributed by atoms with Crippen LogP contribution in [0.3, 0.4) is 0 Å². The van der Waals surface area contributed by atoms with Gasteiger partial charge in [0.2, 0.25) is 0 Å². The first-order chi connectivity index (χ1) is 9.20. The standard InChI is InChI=1S/C16H25FN2/c1-2-5-15-6-3-4-11-19(15)12-16(18)13-7-9-14(17)10-8-13/h7-10,15-16H,2-6,11-12,18H2,1H3. The van der Waals surface area contributed by atoms with Crippen molar-refractivity contribution in [2.24, 2.45) is 5.73 Å². The van der Waals surface area contributed by atoms with Crippen molar-refractivity contribution in [2.45, 2.75) is 51.1 Å². The predicted molar refractivity (Wildman–Crippen MR) is 77.4 cm³/mol. The molecule has 2 atom stereocenters. The molecule has 0 radical (unpaired) electrons. The van der Waals surface area contributed by atoms with Crippen LogP contribution >= 0.6 is 0 Å². The van der Waals surface area contributed by atoms with Gasteiger partial charge in [0.15, 0.2) is 0 Å². The highest BCUT2D eigenvalue weighted by Crippen LogP contribution is 2.23. The Morgan fingerprint density at radius 1 is 1.32 bits per heavy atom. The van der Waals surface area contributed by atoms with Crippen LogP contribution in [-0.4, -0.2) is 24.0 Å². The predicted octanol–water partition coefficient (Wildman–Crippen LogP) is 3.48. The van der Waals surface area contributed by atoms with E-state index in [1.807, 2.05) is 0 Å². The third-order valence-electron chi connectivity index (χ3n) is 4.10. The van der Waals surface area contributed by atoms with Crippen molar-refractivity contribution >= 4 is 0 Å². The minimum absolute atomic E-state index is 0.0157. The summed E-state index contributed by atoms with van der Waals surface area (Å²) in [5.41, 5.74) is 7.30. The van der Waals surface area contributed by atoms with Gasteiger partial charge in [-0.3, -0.25) is 4.90 Å². The topological polar surface area (TPSA) is 29.3 Å². The minimum atomic E-state index is -0.196. The first-order valence-corrected chi connectivity index (χ1v) is 7.45. The Hall–Kier alpha value is -0.930. The fraction of sp³-hybridized carbons (Fsp3) is 0.625. The first kappa shape index (κ1) is 14.5. The molecule has 1 aromatic carbocycles. The Kier molecular flexibility index (Phi) is 5.34. The molecule has 1 aliphatic heterocycles.